The summed E-state index contributed by atoms with van der Waals surface area (Å²) < 4.78 is 0. The molecule has 0 spiro atoms. The van der Waals surface area contributed by atoms with Crippen LogP contribution in [0.3, 0.4) is 0 Å². The summed E-state index contributed by atoms with van der Waals surface area (Å²) in [6.45, 7) is 1.77. The van der Waals surface area contributed by atoms with E-state index in [1.54, 1.807) is 18.1 Å². The number of rotatable bonds is 2. The van der Waals surface area contributed by atoms with Gasteiger partial charge in [-0.25, -0.2) is 5.01 Å². The van der Waals surface area contributed by atoms with Crippen molar-refractivity contribution in [3.05, 3.63) is 44.3 Å². The van der Waals surface area contributed by atoms with E-state index in [-0.39, 0.29) is 17.1 Å². The first-order valence-corrected chi connectivity index (χ1v) is 5.25. The number of benzene rings is 1. The smallest absolute Gasteiger partial charge is 0.288 e. The van der Waals surface area contributed by atoms with Gasteiger partial charge < -0.3 is 0 Å². The van der Waals surface area contributed by atoms with Gasteiger partial charge in [-0.05, 0) is 12.2 Å². The van der Waals surface area contributed by atoms with Crippen LogP contribution in [0.15, 0.2) is 24.0 Å². The molecule has 2 aliphatic heterocycles. The molecular weight excluding hydrogens is 256 g/mol. The average Bonchev–Trinajstić information content (AvgIpc) is 2.88. The SMILES string of the molecule is CC1=CNN2Nc3c(cc([N+](=O)[O-])cc3[N+](=O)[O-])N12. The molecule has 0 aliphatic carbocycles. The molecule has 0 saturated heterocycles. The Labute approximate surface area is 106 Å². The molecule has 19 heavy (non-hydrogen) atoms. The van der Waals surface area contributed by atoms with Crippen LogP contribution in [0.2, 0.25) is 0 Å². The molecule has 10 nitrogen and oxygen atoms in total. The van der Waals surface area contributed by atoms with Crippen molar-refractivity contribution in [3.8, 4) is 0 Å². The van der Waals surface area contributed by atoms with E-state index in [0.29, 0.717) is 5.69 Å². The van der Waals surface area contributed by atoms with Crippen LogP contribution in [0.4, 0.5) is 22.7 Å². The molecular formula is C9H8N6O4. The lowest BCUT2D eigenvalue weighted by atomic mass is 10.2. The van der Waals surface area contributed by atoms with E-state index in [1.165, 1.54) is 11.3 Å². The minimum Gasteiger partial charge on any atom is -0.288 e. The first-order valence-electron chi connectivity index (χ1n) is 5.25. The molecule has 0 unspecified atom stereocenters. The van der Waals surface area contributed by atoms with Gasteiger partial charge in [0.05, 0.1) is 27.3 Å². The molecule has 0 atom stereocenters. The number of hydrazine groups is 3. The fourth-order valence-corrected chi connectivity index (χ4v) is 2.05. The van der Waals surface area contributed by atoms with Crippen LogP contribution < -0.4 is 15.9 Å². The normalized spacial score (nSPS) is 16.3. The second-order valence-corrected chi connectivity index (χ2v) is 4.02. The number of nitro groups is 2. The average molecular weight is 264 g/mol. The summed E-state index contributed by atoms with van der Waals surface area (Å²) in [6, 6.07) is 2.23. The van der Waals surface area contributed by atoms with E-state index in [1.807, 2.05) is 0 Å². The second kappa shape index (κ2) is 3.55. The van der Waals surface area contributed by atoms with Crippen LogP contribution in [-0.4, -0.2) is 15.1 Å². The maximum atomic E-state index is 11.0. The number of allylic oxidation sites excluding steroid dienone is 1. The van der Waals surface area contributed by atoms with Crippen molar-refractivity contribution in [1.29, 1.82) is 0 Å². The lowest BCUT2D eigenvalue weighted by molar-refractivity contribution is -0.393. The van der Waals surface area contributed by atoms with Crippen LogP contribution in [0, 0.1) is 20.2 Å². The predicted molar refractivity (Wildman–Crippen MR) is 64.6 cm³/mol. The van der Waals surface area contributed by atoms with Crippen LogP contribution in [0.25, 0.3) is 0 Å². The van der Waals surface area contributed by atoms with E-state index in [2.05, 4.69) is 10.9 Å². The van der Waals surface area contributed by atoms with Crippen molar-refractivity contribution >= 4 is 22.7 Å². The first-order chi connectivity index (χ1) is 8.99. The van der Waals surface area contributed by atoms with Gasteiger partial charge in [-0.2, -0.15) is 0 Å². The third kappa shape index (κ3) is 1.47. The Hall–Kier alpha value is -2.88. The third-order valence-corrected chi connectivity index (χ3v) is 2.86. The molecule has 2 N–H and O–H groups in total. The van der Waals surface area contributed by atoms with E-state index in [0.717, 1.165) is 11.8 Å². The van der Waals surface area contributed by atoms with Gasteiger partial charge in [0.15, 0.2) is 5.69 Å². The summed E-state index contributed by atoms with van der Waals surface area (Å²) >= 11 is 0. The molecule has 0 fully saturated rings. The molecule has 0 aromatic heterocycles. The maximum Gasteiger partial charge on any atom is 0.302 e. The molecule has 1 aromatic rings. The summed E-state index contributed by atoms with van der Waals surface area (Å²) in [6.07, 6.45) is 1.67. The third-order valence-electron chi connectivity index (χ3n) is 2.86. The minimum absolute atomic E-state index is 0.218. The highest BCUT2D eigenvalue weighted by Crippen LogP contribution is 2.45. The molecule has 2 heterocycles. The van der Waals surface area contributed by atoms with Gasteiger partial charge in [-0.15, -0.1) is 0 Å². The van der Waals surface area contributed by atoms with Crippen LogP contribution in [0.5, 0.6) is 0 Å². The van der Waals surface area contributed by atoms with Gasteiger partial charge in [0.1, 0.15) is 0 Å². The molecule has 3 rings (SSSR count). The number of hydrogen-bond acceptors (Lipinski definition) is 8. The zero-order valence-electron chi connectivity index (χ0n) is 9.65. The van der Waals surface area contributed by atoms with Gasteiger partial charge in [0.2, 0.25) is 0 Å². The Bertz CT molecular complexity index is 642. The van der Waals surface area contributed by atoms with Gasteiger partial charge >= 0.3 is 5.69 Å². The fourth-order valence-electron chi connectivity index (χ4n) is 2.05. The molecule has 0 radical (unpaired) electrons. The van der Waals surface area contributed by atoms with Crippen molar-refractivity contribution in [2.45, 2.75) is 6.92 Å². The Balaban J connectivity index is 2.22. The van der Waals surface area contributed by atoms with Crippen molar-refractivity contribution in [3.63, 3.8) is 0 Å². The first kappa shape index (κ1) is 11.2. The lowest BCUT2D eigenvalue weighted by Crippen LogP contribution is -2.41. The summed E-state index contributed by atoms with van der Waals surface area (Å²) in [5.74, 6) is 0. The maximum absolute atomic E-state index is 11.0. The second-order valence-electron chi connectivity index (χ2n) is 4.02. The molecule has 0 saturated carbocycles. The highest BCUT2D eigenvalue weighted by Gasteiger charge is 2.38. The van der Waals surface area contributed by atoms with Crippen LogP contribution in [-0.2, 0) is 0 Å². The van der Waals surface area contributed by atoms with Gasteiger partial charge in [-0.3, -0.25) is 31.1 Å². The van der Waals surface area contributed by atoms with Crippen LogP contribution in [0.1, 0.15) is 6.92 Å². The number of hydrogen-bond donors (Lipinski definition) is 2. The molecule has 2 aliphatic rings. The van der Waals surface area contributed by atoms with Crippen molar-refractivity contribution in [2.75, 3.05) is 10.4 Å². The Morgan fingerprint density at radius 3 is 2.58 bits per heavy atom. The summed E-state index contributed by atoms with van der Waals surface area (Å²) in [5.41, 5.74) is 6.26. The highest BCUT2D eigenvalue weighted by atomic mass is 16.6. The quantitative estimate of drug-likeness (QED) is 0.605. The molecule has 10 heteroatoms. The molecule has 1 aromatic carbocycles. The number of nitrogens with one attached hydrogen (secondary N) is 2. The van der Waals surface area contributed by atoms with Crippen molar-refractivity contribution < 1.29 is 9.85 Å². The van der Waals surface area contributed by atoms with E-state index < -0.39 is 9.85 Å². The Kier molecular flexibility index (Phi) is 2.10. The minimum atomic E-state index is -0.654. The molecule has 0 amide bonds. The fraction of sp³-hybridized carbons (Fsp3) is 0.111. The van der Waals surface area contributed by atoms with Gasteiger partial charge in [0, 0.05) is 12.3 Å². The van der Waals surface area contributed by atoms with Crippen LogP contribution >= 0.6 is 0 Å². The number of non-ortho nitro benzene ring substituents is 1. The lowest BCUT2D eigenvalue weighted by Gasteiger charge is -2.20. The monoisotopic (exact) mass is 264 g/mol. The Morgan fingerprint density at radius 1 is 1.21 bits per heavy atom. The summed E-state index contributed by atoms with van der Waals surface area (Å²) in [5, 5.41) is 24.8. The Morgan fingerprint density at radius 2 is 1.95 bits per heavy atom. The number of nitro benzene ring substituents is 2. The zero-order chi connectivity index (χ0) is 13.7. The van der Waals surface area contributed by atoms with Crippen molar-refractivity contribution in [1.82, 2.24) is 10.7 Å². The van der Waals surface area contributed by atoms with E-state index in [4.69, 9.17) is 0 Å². The van der Waals surface area contributed by atoms with E-state index in [9.17, 15) is 20.2 Å². The standard InChI is InChI=1S/C9H8N6O4/c1-5-4-10-15-11-9-7(12(5)15)2-6(13(16)17)3-8(9)14(18)19/h2-4,10-11H,1H3. The van der Waals surface area contributed by atoms with Crippen molar-refractivity contribution in [2.24, 2.45) is 0 Å². The van der Waals surface area contributed by atoms with Gasteiger partial charge in [0.25, 0.3) is 5.69 Å². The van der Waals surface area contributed by atoms with Gasteiger partial charge in [-0.1, -0.05) is 0 Å². The number of anilines is 2. The highest BCUT2D eigenvalue weighted by molar-refractivity contribution is 5.86. The van der Waals surface area contributed by atoms with E-state index >= 15 is 0 Å². The predicted octanol–water partition coefficient (Wildman–Crippen LogP) is 1.25. The summed E-state index contributed by atoms with van der Waals surface area (Å²) in [4.78, 5) is 20.6. The largest absolute Gasteiger partial charge is 0.302 e. The number of fused-ring (bicyclic) bond motifs is 3. The molecule has 0 bridgehead atoms. The molecule has 98 valence electrons. The zero-order valence-corrected chi connectivity index (χ0v) is 9.65. The number of nitrogens with zero attached hydrogens (tertiary/aromatic N) is 4. The topological polar surface area (TPSA) is 117 Å². The summed E-state index contributed by atoms with van der Waals surface area (Å²) in [7, 11) is 0.